The Balaban J connectivity index is 1.62. The summed E-state index contributed by atoms with van der Waals surface area (Å²) in [7, 11) is 2.15. The zero-order valence-corrected chi connectivity index (χ0v) is 17.3. The first-order valence-corrected chi connectivity index (χ1v) is 9.95. The van der Waals surface area contributed by atoms with Crippen LogP contribution in [0.5, 0.6) is 0 Å². The highest BCUT2D eigenvalue weighted by atomic mass is 15.3. The van der Waals surface area contributed by atoms with E-state index in [9.17, 15) is 0 Å². The van der Waals surface area contributed by atoms with Gasteiger partial charge in [-0.1, -0.05) is 41.5 Å². The van der Waals surface area contributed by atoms with E-state index in [1.54, 1.807) is 0 Å². The number of hydrogen-bond donors (Lipinski definition) is 0. The van der Waals surface area contributed by atoms with Crippen LogP contribution in [-0.4, -0.2) is 37.8 Å². The zero-order valence-electron chi connectivity index (χ0n) is 17.3. The number of aryl methyl sites for hydroxylation is 2. The Labute approximate surface area is 172 Å². The summed E-state index contributed by atoms with van der Waals surface area (Å²) in [5, 5.41) is 4.96. The van der Waals surface area contributed by atoms with E-state index in [4.69, 9.17) is 5.10 Å². The third-order valence-corrected chi connectivity index (χ3v) is 5.12. The molecule has 0 bridgehead atoms. The monoisotopic (exact) mass is 385 g/mol. The van der Waals surface area contributed by atoms with Gasteiger partial charge in [0.25, 0.3) is 0 Å². The number of aromatic nitrogens is 4. The standard InChI is InChI=1S/C24H27N5/c1-19-7-9-23(10-8-19)29-17-22(16-27(3)13-14-28-12-11-25-18-28)24(26-29)21-6-4-5-20(2)15-21/h4-12,15,17-18H,13-14,16H2,1-3H3. The minimum atomic E-state index is 0.837. The highest BCUT2D eigenvalue weighted by Gasteiger charge is 2.14. The van der Waals surface area contributed by atoms with Crippen LogP contribution in [0.2, 0.25) is 0 Å². The first kappa shape index (κ1) is 19.2. The van der Waals surface area contributed by atoms with Crippen LogP contribution in [0.1, 0.15) is 16.7 Å². The van der Waals surface area contributed by atoms with E-state index in [1.165, 1.54) is 16.7 Å². The molecule has 4 rings (SSSR count). The molecule has 2 heterocycles. The fraction of sp³-hybridized carbons (Fsp3) is 0.250. The van der Waals surface area contributed by atoms with Gasteiger partial charge in [-0.15, -0.1) is 0 Å². The molecule has 0 amide bonds. The van der Waals surface area contributed by atoms with Gasteiger partial charge in [-0.05, 0) is 39.1 Å². The van der Waals surface area contributed by atoms with Crippen LogP contribution in [0.25, 0.3) is 16.9 Å². The Morgan fingerprint density at radius 1 is 1.00 bits per heavy atom. The molecular weight excluding hydrogens is 358 g/mol. The lowest BCUT2D eigenvalue weighted by molar-refractivity contribution is 0.312. The van der Waals surface area contributed by atoms with Crippen LogP contribution in [0, 0.1) is 13.8 Å². The second kappa shape index (κ2) is 8.45. The topological polar surface area (TPSA) is 38.9 Å². The van der Waals surface area contributed by atoms with Gasteiger partial charge in [0.05, 0.1) is 17.7 Å². The van der Waals surface area contributed by atoms with Crippen molar-refractivity contribution in [3.05, 3.63) is 90.1 Å². The number of nitrogens with zero attached hydrogens (tertiary/aromatic N) is 5. The molecule has 0 aliphatic rings. The van der Waals surface area contributed by atoms with Gasteiger partial charge in [0, 0.05) is 49.4 Å². The van der Waals surface area contributed by atoms with E-state index in [0.717, 1.165) is 36.6 Å². The molecule has 2 aromatic carbocycles. The summed E-state index contributed by atoms with van der Waals surface area (Å²) < 4.78 is 4.10. The molecule has 5 heteroatoms. The Morgan fingerprint density at radius 2 is 1.83 bits per heavy atom. The maximum atomic E-state index is 4.96. The Kier molecular flexibility index (Phi) is 5.58. The first-order valence-electron chi connectivity index (χ1n) is 9.95. The molecule has 0 N–H and O–H groups in total. The summed E-state index contributed by atoms with van der Waals surface area (Å²) in [6, 6.07) is 17.1. The predicted molar refractivity (Wildman–Crippen MR) is 117 cm³/mol. The first-order chi connectivity index (χ1) is 14.1. The van der Waals surface area contributed by atoms with E-state index >= 15 is 0 Å². The molecule has 4 aromatic rings. The smallest absolute Gasteiger partial charge is 0.0972 e. The Morgan fingerprint density at radius 3 is 2.55 bits per heavy atom. The average Bonchev–Trinajstić information content (AvgIpc) is 3.37. The number of imidazole rings is 1. The SMILES string of the molecule is Cc1ccc(-n2cc(CN(C)CCn3ccnc3)c(-c3cccc(C)c3)n2)cc1. The van der Waals surface area contributed by atoms with Gasteiger partial charge >= 0.3 is 0 Å². The van der Waals surface area contributed by atoms with Crippen molar-refractivity contribution >= 4 is 0 Å². The van der Waals surface area contributed by atoms with Gasteiger partial charge in [0.2, 0.25) is 0 Å². The van der Waals surface area contributed by atoms with Crippen molar-refractivity contribution in [3.8, 4) is 16.9 Å². The lowest BCUT2D eigenvalue weighted by Crippen LogP contribution is -2.22. The maximum Gasteiger partial charge on any atom is 0.0972 e. The summed E-state index contributed by atoms with van der Waals surface area (Å²) in [5.74, 6) is 0. The van der Waals surface area contributed by atoms with Crippen LogP contribution in [0.3, 0.4) is 0 Å². The highest BCUT2D eigenvalue weighted by Crippen LogP contribution is 2.25. The lowest BCUT2D eigenvalue weighted by Gasteiger charge is -2.16. The van der Waals surface area contributed by atoms with Crippen LogP contribution in [0.4, 0.5) is 0 Å². The second-order valence-electron chi connectivity index (χ2n) is 7.69. The van der Waals surface area contributed by atoms with Crippen molar-refractivity contribution in [1.82, 2.24) is 24.2 Å². The van der Waals surface area contributed by atoms with Crippen molar-refractivity contribution < 1.29 is 0 Å². The molecule has 2 aromatic heterocycles. The molecule has 29 heavy (non-hydrogen) atoms. The van der Waals surface area contributed by atoms with Gasteiger partial charge in [-0.25, -0.2) is 9.67 Å². The van der Waals surface area contributed by atoms with E-state index < -0.39 is 0 Å². The van der Waals surface area contributed by atoms with E-state index in [0.29, 0.717) is 0 Å². The van der Waals surface area contributed by atoms with Crippen molar-refractivity contribution in [3.63, 3.8) is 0 Å². The van der Waals surface area contributed by atoms with Gasteiger partial charge in [0.1, 0.15) is 0 Å². The fourth-order valence-corrected chi connectivity index (χ4v) is 3.47. The van der Waals surface area contributed by atoms with Crippen molar-refractivity contribution in [2.75, 3.05) is 13.6 Å². The molecule has 0 unspecified atom stereocenters. The fourth-order valence-electron chi connectivity index (χ4n) is 3.47. The molecule has 0 spiro atoms. The second-order valence-corrected chi connectivity index (χ2v) is 7.69. The van der Waals surface area contributed by atoms with Crippen LogP contribution in [-0.2, 0) is 13.1 Å². The molecule has 0 atom stereocenters. The Hall–Kier alpha value is -3.18. The molecule has 0 saturated heterocycles. The number of benzene rings is 2. The number of rotatable bonds is 7. The largest absolute Gasteiger partial charge is 0.336 e. The molecule has 148 valence electrons. The molecule has 0 aliphatic heterocycles. The lowest BCUT2D eigenvalue weighted by atomic mass is 10.1. The molecule has 0 radical (unpaired) electrons. The minimum Gasteiger partial charge on any atom is -0.336 e. The predicted octanol–water partition coefficient (Wildman–Crippen LogP) is 4.48. The highest BCUT2D eigenvalue weighted by molar-refractivity contribution is 5.64. The molecule has 0 aliphatic carbocycles. The minimum absolute atomic E-state index is 0.837. The van der Waals surface area contributed by atoms with Crippen LogP contribution < -0.4 is 0 Å². The Bertz CT molecular complexity index is 1060. The van der Waals surface area contributed by atoms with Crippen molar-refractivity contribution in [2.24, 2.45) is 0 Å². The third-order valence-electron chi connectivity index (χ3n) is 5.12. The van der Waals surface area contributed by atoms with Crippen LogP contribution >= 0.6 is 0 Å². The van der Waals surface area contributed by atoms with E-state index in [1.807, 2.05) is 23.4 Å². The average molecular weight is 386 g/mol. The summed E-state index contributed by atoms with van der Waals surface area (Å²) in [5.41, 5.74) is 7.00. The molecule has 5 nitrogen and oxygen atoms in total. The van der Waals surface area contributed by atoms with Gasteiger partial charge in [0.15, 0.2) is 0 Å². The normalized spacial score (nSPS) is 11.3. The molecular formula is C24H27N5. The van der Waals surface area contributed by atoms with Gasteiger partial charge < -0.3 is 9.47 Å². The van der Waals surface area contributed by atoms with Gasteiger partial charge in [-0.3, -0.25) is 0 Å². The van der Waals surface area contributed by atoms with Crippen molar-refractivity contribution in [2.45, 2.75) is 26.9 Å². The quantitative estimate of drug-likeness (QED) is 0.471. The summed E-state index contributed by atoms with van der Waals surface area (Å²) in [6.45, 7) is 6.93. The van der Waals surface area contributed by atoms with Crippen LogP contribution in [0.15, 0.2) is 73.4 Å². The number of hydrogen-bond acceptors (Lipinski definition) is 3. The number of likely N-dealkylation sites (N-methyl/N-ethyl adjacent to an activating group) is 1. The zero-order chi connectivity index (χ0) is 20.2. The third kappa shape index (κ3) is 4.63. The summed E-state index contributed by atoms with van der Waals surface area (Å²) in [4.78, 5) is 6.45. The van der Waals surface area contributed by atoms with Crippen molar-refractivity contribution in [1.29, 1.82) is 0 Å². The van der Waals surface area contributed by atoms with E-state index in [-0.39, 0.29) is 0 Å². The maximum absolute atomic E-state index is 4.96. The van der Waals surface area contributed by atoms with Gasteiger partial charge in [-0.2, -0.15) is 5.10 Å². The summed E-state index contributed by atoms with van der Waals surface area (Å²) >= 11 is 0. The summed E-state index contributed by atoms with van der Waals surface area (Å²) in [6.07, 6.45) is 7.85. The molecule has 0 fully saturated rings. The van der Waals surface area contributed by atoms with E-state index in [2.05, 4.69) is 90.1 Å². The molecule has 0 saturated carbocycles.